The topological polar surface area (TPSA) is 89.3 Å². The molecule has 0 radical (unpaired) electrons. The summed E-state index contributed by atoms with van der Waals surface area (Å²) in [6.45, 7) is 1.92. The fraction of sp³-hybridized carbons (Fsp3) is 0.0909. The summed E-state index contributed by atoms with van der Waals surface area (Å²) in [5.74, 6) is -1.54. The molecule has 0 fully saturated rings. The second kappa shape index (κ2) is 9.84. The van der Waals surface area contributed by atoms with Crippen LogP contribution in [0.25, 0.3) is 11.5 Å². The van der Waals surface area contributed by atoms with Gasteiger partial charge in [0.25, 0.3) is 5.91 Å². The zero-order chi connectivity index (χ0) is 23.4. The number of aryl methyl sites for hydroxylation is 1. The number of nitrogens with zero attached hydrogens (tertiary/aromatic N) is 2. The molecule has 0 unspecified atom stereocenters. The summed E-state index contributed by atoms with van der Waals surface area (Å²) in [4.78, 5) is 16.7. The van der Waals surface area contributed by atoms with Gasteiger partial charge in [-0.2, -0.15) is 0 Å². The monoisotopic (exact) mass is 486 g/mol. The van der Waals surface area contributed by atoms with E-state index < -0.39 is 17.5 Å². The van der Waals surface area contributed by atoms with E-state index in [9.17, 15) is 13.6 Å². The summed E-state index contributed by atoms with van der Waals surface area (Å²) in [6.07, 6.45) is 0. The van der Waals surface area contributed by atoms with Gasteiger partial charge < -0.3 is 14.6 Å². The molecule has 4 aromatic rings. The fourth-order valence-corrected chi connectivity index (χ4v) is 3.58. The van der Waals surface area contributed by atoms with Crippen molar-refractivity contribution >= 4 is 40.3 Å². The number of hydrogen-bond acceptors (Lipinski definition) is 7. The molecular formula is C22H16F2N4O3S2. The molecule has 0 bridgehead atoms. The van der Waals surface area contributed by atoms with Gasteiger partial charge in [-0.15, -0.1) is 11.3 Å². The van der Waals surface area contributed by atoms with E-state index in [4.69, 9.17) is 21.5 Å². The van der Waals surface area contributed by atoms with E-state index in [1.54, 1.807) is 24.3 Å². The van der Waals surface area contributed by atoms with E-state index in [1.807, 2.05) is 12.3 Å². The first-order chi connectivity index (χ1) is 15.9. The minimum Gasteiger partial charge on any atom is -0.489 e. The molecule has 2 aromatic heterocycles. The molecule has 0 saturated carbocycles. The highest BCUT2D eigenvalue weighted by Gasteiger charge is 2.16. The maximum Gasteiger partial charge on any atom is 0.279 e. The van der Waals surface area contributed by atoms with Crippen molar-refractivity contribution in [1.82, 2.24) is 15.5 Å². The molecule has 0 aliphatic carbocycles. The molecule has 2 N–H and O–H groups in total. The number of nitrogens with one attached hydrogen (secondary N) is 2. The van der Waals surface area contributed by atoms with E-state index in [2.05, 4.69) is 20.8 Å². The highest BCUT2D eigenvalue weighted by Crippen LogP contribution is 2.22. The van der Waals surface area contributed by atoms with Crippen LogP contribution in [0.4, 0.5) is 14.5 Å². The molecule has 1 amide bonds. The molecule has 2 heterocycles. The first kappa shape index (κ1) is 22.5. The minimum absolute atomic E-state index is 0.0480. The number of carbonyl (C=O) groups is 1. The van der Waals surface area contributed by atoms with Gasteiger partial charge in [0, 0.05) is 23.2 Å². The van der Waals surface area contributed by atoms with Crippen LogP contribution in [-0.4, -0.2) is 21.2 Å². The number of thiocarbonyl (C=S) groups is 1. The number of benzene rings is 2. The molecule has 33 heavy (non-hydrogen) atoms. The van der Waals surface area contributed by atoms with Crippen LogP contribution in [0.2, 0.25) is 0 Å². The number of rotatable bonds is 6. The van der Waals surface area contributed by atoms with Crippen LogP contribution < -0.4 is 15.4 Å². The maximum absolute atomic E-state index is 13.3. The second-order valence-corrected chi connectivity index (χ2v) is 8.27. The predicted molar refractivity (Wildman–Crippen MR) is 123 cm³/mol. The van der Waals surface area contributed by atoms with Gasteiger partial charge in [0.1, 0.15) is 18.1 Å². The third kappa shape index (κ3) is 5.76. The van der Waals surface area contributed by atoms with E-state index >= 15 is 0 Å². The van der Waals surface area contributed by atoms with Gasteiger partial charge in [0.2, 0.25) is 0 Å². The lowest BCUT2D eigenvalue weighted by Gasteiger charge is -2.11. The van der Waals surface area contributed by atoms with Crippen molar-refractivity contribution in [2.24, 2.45) is 0 Å². The summed E-state index contributed by atoms with van der Waals surface area (Å²) in [7, 11) is 0. The lowest BCUT2D eigenvalue weighted by molar-refractivity contribution is 0.0969. The minimum atomic E-state index is -0.937. The maximum atomic E-state index is 13.3. The van der Waals surface area contributed by atoms with Crippen molar-refractivity contribution in [3.63, 3.8) is 0 Å². The normalized spacial score (nSPS) is 10.6. The van der Waals surface area contributed by atoms with E-state index in [1.165, 1.54) is 23.5 Å². The summed E-state index contributed by atoms with van der Waals surface area (Å²) < 4.78 is 37.2. The number of amides is 1. The molecule has 0 aliphatic rings. The molecule has 0 atom stereocenters. The zero-order valence-corrected chi connectivity index (χ0v) is 18.7. The average molecular weight is 487 g/mol. The summed E-state index contributed by atoms with van der Waals surface area (Å²) >= 11 is 6.66. The Kier molecular flexibility index (Phi) is 6.71. The predicted octanol–water partition coefficient (Wildman–Crippen LogP) is 5.09. The second-order valence-electron chi connectivity index (χ2n) is 6.80. The van der Waals surface area contributed by atoms with Crippen LogP contribution in [0.3, 0.4) is 0 Å². The number of thiazole rings is 1. The fourth-order valence-electron chi connectivity index (χ4n) is 2.77. The van der Waals surface area contributed by atoms with Crippen LogP contribution in [0.5, 0.6) is 5.75 Å². The van der Waals surface area contributed by atoms with Gasteiger partial charge in [-0.3, -0.25) is 10.1 Å². The van der Waals surface area contributed by atoms with Crippen molar-refractivity contribution < 1.29 is 22.8 Å². The van der Waals surface area contributed by atoms with E-state index in [0.717, 1.165) is 17.1 Å². The average Bonchev–Trinajstić information content (AvgIpc) is 3.44. The van der Waals surface area contributed by atoms with Crippen LogP contribution in [0, 0.1) is 18.6 Å². The molecular weight excluding hydrogens is 470 g/mol. The van der Waals surface area contributed by atoms with Gasteiger partial charge in [0.15, 0.2) is 28.2 Å². The van der Waals surface area contributed by atoms with E-state index in [0.29, 0.717) is 28.5 Å². The SMILES string of the molecule is Cc1nc(-c2cc(C(=O)NC(=S)Nc3cccc(OCc4ccc(F)c(F)c4)c3)no2)cs1. The third-order valence-corrected chi connectivity index (χ3v) is 5.30. The molecule has 0 spiro atoms. The summed E-state index contributed by atoms with van der Waals surface area (Å²) in [5.41, 5.74) is 1.70. The van der Waals surface area contributed by atoms with Gasteiger partial charge in [-0.25, -0.2) is 13.8 Å². The lowest BCUT2D eigenvalue weighted by Crippen LogP contribution is -2.34. The molecule has 0 aliphatic heterocycles. The van der Waals surface area contributed by atoms with Crippen molar-refractivity contribution in [3.05, 3.63) is 81.8 Å². The van der Waals surface area contributed by atoms with Gasteiger partial charge in [-0.05, 0) is 49.0 Å². The number of hydrogen-bond donors (Lipinski definition) is 2. The van der Waals surface area contributed by atoms with Crippen LogP contribution in [0.1, 0.15) is 21.1 Å². The quantitative estimate of drug-likeness (QED) is 0.367. The van der Waals surface area contributed by atoms with Gasteiger partial charge in [-0.1, -0.05) is 17.3 Å². The highest BCUT2D eigenvalue weighted by atomic mass is 32.1. The molecule has 4 rings (SSSR count). The Morgan fingerprint density at radius 2 is 2.03 bits per heavy atom. The summed E-state index contributed by atoms with van der Waals surface area (Å²) in [5, 5.41) is 11.9. The largest absolute Gasteiger partial charge is 0.489 e. The molecule has 0 saturated heterocycles. The van der Waals surface area contributed by atoms with Crippen LogP contribution in [-0.2, 0) is 6.61 Å². The van der Waals surface area contributed by atoms with Gasteiger partial charge in [0.05, 0.1) is 5.01 Å². The van der Waals surface area contributed by atoms with Crippen molar-refractivity contribution in [3.8, 4) is 17.2 Å². The first-order valence-corrected chi connectivity index (χ1v) is 10.8. The Morgan fingerprint density at radius 1 is 1.18 bits per heavy atom. The Labute approximate surface area is 196 Å². The standard InChI is InChI=1S/C22H16F2N4O3S2/c1-12-25-19(11-33-12)20-9-18(28-31-20)21(29)27-22(32)26-14-3-2-4-15(8-14)30-10-13-5-6-16(23)17(24)7-13/h2-9,11H,10H2,1H3,(H2,26,27,29,32). The van der Waals surface area contributed by atoms with Crippen molar-refractivity contribution in [1.29, 1.82) is 0 Å². The van der Waals surface area contributed by atoms with Gasteiger partial charge >= 0.3 is 0 Å². The molecule has 7 nitrogen and oxygen atoms in total. The number of anilines is 1. The van der Waals surface area contributed by atoms with Crippen molar-refractivity contribution in [2.45, 2.75) is 13.5 Å². The molecule has 11 heteroatoms. The number of ether oxygens (including phenoxy) is 1. The Hall–Kier alpha value is -3.70. The van der Waals surface area contributed by atoms with E-state index in [-0.39, 0.29) is 17.4 Å². The molecule has 168 valence electrons. The first-order valence-electron chi connectivity index (χ1n) is 9.56. The smallest absolute Gasteiger partial charge is 0.279 e. The van der Waals surface area contributed by atoms with Crippen LogP contribution >= 0.6 is 23.6 Å². The number of carbonyl (C=O) groups excluding carboxylic acids is 1. The Bertz CT molecular complexity index is 1320. The highest BCUT2D eigenvalue weighted by molar-refractivity contribution is 7.80. The third-order valence-electron chi connectivity index (χ3n) is 4.32. The number of halogens is 2. The lowest BCUT2D eigenvalue weighted by atomic mass is 10.2. The Morgan fingerprint density at radius 3 is 2.79 bits per heavy atom. The van der Waals surface area contributed by atoms with Crippen molar-refractivity contribution in [2.75, 3.05) is 5.32 Å². The summed E-state index contributed by atoms with van der Waals surface area (Å²) in [6, 6.07) is 11.8. The Balaban J connectivity index is 1.33. The zero-order valence-electron chi connectivity index (χ0n) is 17.1. The van der Waals surface area contributed by atoms with Crippen LogP contribution in [0.15, 0.2) is 58.4 Å². The number of aromatic nitrogens is 2. The molecule has 2 aromatic carbocycles.